The Morgan fingerprint density at radius 3 is 1.73 bits per heavy atom. The van der Waals surface area contributed by atoms with Crippen LogP contribution in [0.2, 0.25) is 0 Å². The van der Waals surface area contributed by atoms with Crippen molar-refractivity contribution in [2.45, 2.75) is 78.4 Å². The Hall–Kier alpha value is -2.85. The molecule has 0 aromatic heterocycles. The molecule has 0 bridgehead atoms. The van der Waals surface area contributed by atoms with Crippen molar-refractivity contribution in [2.24, 2.45) is 0 Å². The number of likely N-dealkylation sites (tertiary alicyclic amines) is 1. The summed E-state index contributed by atoms with van der Waals surface area (Å²) < 4.78 is 26.3. The fourth-order valence-electron chi connectivity index (χ4n) is 2.95. The van der Waals surface area contributed by atoms with Gasteiger partial charge in [0.25, 0.3) is 0 Å². The fraction of sp³-hybridized carbons (Fsp3) is 0.737. The summed E-state index contributed by atoms with van der Waals surface area (Å²) in [7, 11) is 0. The minimum atomic E-state index is -1.28. The third-order valence-corrected chi connectivity index (χ3v) is 3.85. The molecule has 1 saturated heterocycles. The fourth-order valence-corrected chi connectivity index (χ4v) is 2.95. The molecular formula is C19H29NO10. The van der Waals surface area contributed by atoms with Crippen LogP contribution < -0.4 is 0 Å². The van der Waals surface area contributed by atoms with Gasteiger partial charge >= 0.3 is 30.0 Å². The number of carbonyl (C=O) groups excluding carboxylic acids is 5. The van der Waals surface area contributed by atoms with Crippen LogP contribution in [0.15, 0.2) is 0 Å². The van der Waals surface area contributed by atoms with Crippen LogP contribution in [-0.4, -0.2) is 78.0 Å². The van der Waals surface area contributed by atoms with Crippen molar-refractivity contribution in [3.63, 3.8) is 0 Å². The van der Waals surface area contributed by atoms with Gasteiger partial charge < -0.3 is 23.7 Å². The van der Waals surface area contributed by atoms with E-state index in [1.807, 2.05) is 0 Å². The van der Waals surface area contributed by atoms with Gasteiger partial charge in [-0.15, -0.1) is 0 Å². The van der Waals surface area contributed by atoms with Crippen molar-refractivity contribution < 1.29 is 47.7 Å². The van der Waals surface area contributed by atoms with E-state index in [1.54, 1.807) is 20.8 Å². The van der Waals surface area contributed by atoms with Crippen molar-refractivity contribution >= 4 is 30.0 Å². The zero-order valence-corrected chi connectivity index (χ0v) is 18.3. The first-order chi connectivity index (χ1) is 13.7. The van der Waals surface area contributed by atoms with E-state index in [-0.39, 0.29) is 13.2 Å². The molecular weight excluding hydrogens is 402 g/mol. The lowest BCUT2D eigenvalue weighted by Crippen LogP contribution is -2.67. The van der Waals surface area contributed by atoms with Crippen molar-refractivity contribution in [1.29, 1.82) is 0 Å². The number of nitrogens with zero attached hydrogens (tertiary/aromatic N) is 1. The Bertz CT molecular complexity index is 683. The average Bonchev–Trinajstić information content (AvgIpc) is 2.53. The number of esters is 4. The van der Waals surface area contributed by atoms with E-state index >= 15 is 0 Å². The Balaban J connectivity index is 3.42. The van der Waals surface area contributed by atoms with E-state index in [0.717, 1.165) is 25.7 Å². The second kappa shape index (κ2) is 10.3. The molecule has 1 aliphatic heterocycles. The number of ether oxygens (including phenoxy) is 5. The van der Waals surface area contributed by atoms with Gasteiger partial charge in [-0.2, -0.15) is 0 Å². The lowest BCUT2D eigenvalue weighted by atomic mass is 9.93. The van der Waals surface area contributed by atoms with E-state index in [0.29, 0.717) is 0 Å². The van der Waals surface area contributed by atoms with Crippen molar-refractivity contribution in [2.75, 3.05) is 13.2 Å². The first-order valence-electron chi connectivity index (χ1n) is 9.36. The number of hydrogen-bond acceptors (Lipinski definition) is 10. The number of piperidine rings is 1. The average molecular weight is 431 g/mol. The first-order valence-corrected chi connectivity index (χ1v) is 9.36. The van der Waals surface area contributed by atoms with Gasteiger partial charge in [-0.05, 0) is 20.8 Å². The van der Waals surface area contributed by atoms with E-state index in [2.05, 4.69) is 0 Å². The number of hydrogen-bond donors (Lipinski definition) is 0. The van der Waals surface area contributed by atoms with Crippen LogP contribution in [-0.2, 0) is 42.9 Å². The molecule has 1 amide bonds. The summed E-state index contributed by atoms with van der Waals surface area (Å²) in [6.07, 6.45) is -4.46. The molecule has 4 atom stereocenters. The molecule has 0 unspecified atom stereocenters. The quantitative estimate of drug-likeness (QED) is 0.457. The molecule has 1 rings (SSSR count). The van der Waals surface area contributed by atoms with E-state index in [4.69, 9.17) is 23.7 Å². The molecule has 0 saturated carbocycles. The predicted molar refractivity (Wildman–Crippen MR) is 100 cm³/mol. The van der Waals surface area contributed by atoms with Gasteiger partial charge in [0.1, 0.15) is 18.2 Å². The van der Waals surface area contributed by atoms with Gasteiger partial charge in [0.2, 0.25) is 0 Å². The molecule has 170 valence electrons. The van der Waals surface area contributed by atoms with Crippen molar-refractivity contribution in [1.82, 2.24) is 4.90 Å². The van der Waals surface area contributed by atoms with Crippen LogP contribution in [0.1, 0.15) is 48.5 Å². The molecule has 0 aliphatic carbocycles. The summed E-state index contributed by atoms with van der Waals surface area (Å²) in [6, 6.07) is -1.05. The van der Waals surface area contributed by atoms with Crippen LogP contribution in [0.4, 0.5) is 4.79 Å². The monoisotopic (exact) mass is 431 g/mol. The molecule has 11 heteroatoms. The van der Waals surface area contributed by atoms with Gasteiger partial charge in [-0.3, -0.25) is 24.1 Å². The largest absolute Gasteiger partial charge is 0.464 e. The Morgan fingerprint density at radius 2 is 1.30 bits per heavy atom. The normalized spacial score (nSPS) is 23.8. The molecule has 1 aliphatic rings. The van der Waals surface area contributed by atoms with Gasteiger partial charge in [0.15, 0.2) is 18.3 Å². The molecule has 0 aromatic rings. The predicted octanol–water partition coefficient (Wildman–Crippen LogP) is 0.964. The second-order valence-electron chi connectivity index (χ2n) is 7.80. The lowest BCUT2D eigenvalue weighted by molar-refractivity contribution is -0.205. The molecule has 1 fully saturated rings. The lowest BCUT2D eigenvalue weighted by Gasteiger charge is -2.46. The van der Waals surface area contributed by atoms with Gasteiger partial charge in [-0.25, -0.2) is 4.79 Å². The van der Waals surface area contributed by atoms with Gasteiger partial charge in [0.05, 0.1) is 6.54 Å². The van der Waals surface area contributed by atoms with Crippen molar-refractivity contribution in [3.8, 4) is 0 Å². The highest BCUT2D eigenvalue weighted by Gasteiger charge is 2.52. The highest BCUT2D eigenvalue weighted by atomic mass is 16.6. The van der Waals surface area contributed by atoms with Crippen LogP contribution in [0.3, 0.4) is 0 Å². The molecule has 30 heavy (non-hydrogen) atoms. The Kier molecular flexibility index (Phi) is 8.61. The van der Waals surface area contributed by atoms with Crippen LogP contribution >= 0.6 is 0 Å². The second-order valence-corrected chi connectivity index (χ2v) is 7.80. The smallest absolute Gasteiger partial charge is 0.410 e. The molecule has 0 N–H and O–H groups in total. The molecule has 0 aromatic carbocycles. The molecule has 0 radical (unpaired) electrons. The molecule has 1 heterocycles. The summed E-state index contributed by atoms with van der Waals surface area (Å²) in [6.45, 7) is 8.95. The van der Waals surface area contributed by atoms with Crippen molar-refractivity contribution in [3.05, 3.63) is 0 Å². The number of rotatable bonds is 5. The maximum Gasteiger partial charge on any atom is 0.410 e. The van der Waals surface area contributed by atoms with Crippen LogP contribution in [0.25, 0.3) is 0 Å². The maximum absolute atomic E-state index is 12.8. The maximum atomic E-state index is 12.8. The van der Waals surface area contributed by atoms with Crippen LogP contribution in [0.5, 0.6) is 0 Å². The number of amides is 1. The zero-order valence-electron chi connectivity index (χ0n) is 18.3. The summed E-state index contributed by atoms with van der Waals surface area (Å²) >= 11 is 0. The molecule has 11 nitrogen and oxygen atoms in total. The summed E-state index contributed by atoms with van der Waals surface area (Å²) in [5.74, 6) is -2.78. The first kappa shape index (κ1) is 25.2. The Morgan fingerprint density at radius 1 is 0.800 bits per heavy atom. The summed E-state index contributed by atoms with van der Waals surface area (Å²) in [5, 5.41) is 0. The minimum absolute atomic E-state index is 0.240. The van der Waals surface area contributed by atoms with Crippen LogP contribution in [0, 0.1) is 0 Å². The van der Waals surface area contributed by atoms with E-state index in [1.165, 1.54) is 6.92 Å². The topological polar surface area (TPSA) is 135 Å². The highest BCUT2D eigenvalue weighted by molar-refractivity contribution is 5.71. The van der Waals surface area contributed by atoms with E-state index < -0.39 is 59.9 Å². The Labute approximate surface area is 174 Å². The molecule has 0 spiro atoms. The third-order valence-electron chi connectivity index (χ3n) is 3.85. The highest BCUT2D eigenvalue weighted by Crippen LogP contribution is 2.28. The summed E-state index contributed by atoms with van der Waals surface area (Å²) in [4.78, 5) is 60.3. The van der Waals surface area contributed by atoms with Gasteiger partial charge in [0, 0.05) is 27.7 Å². The standard InChI is InChI=1S/C19H29NO10/c1-10(21)26-9-14-16(28-12(3)23)17(29-13(4)24)15(27-11(2)22)8-20(14)18(25)30-19(5,6)7/h14-17H,8-9H2,1-7H3/t14-,15-,16-,17-/m1/s1. The summed E-state index contributed by atoms with van der Waals surface area (Å²) in [5.41, 5.74) is -0.857. The van der Waals surface area contributed by atoms with E-state index in [9.17, 15) is 24.0 Å². The minimum Gasteiger partial charge on any atom is -0.464 e. The SMILES string of the molecule is CC(=O)OC[C@@H]1[C@@H](OC(C)=O)[C@H](OC(C)=O)[C@H](OC(C)=O)CN1C(=O)OC(C)(C)C. The van der Waals surface area contributed by atoms with Gasteiger partial charge in [-0.1, -0.05) is 0 Å². The number of carbonyl (C=O) groups is 5. The third kappa shape index (κ3) is 7.88. The zero-order chi connectivity index (χ0) is 23.2.